The van der Waals surface area contributed by atoms with Crippen LogP contribution >= 0.6 is 0 Å². The van der Waals surface area contributed by atoms with Crippen LogP contribution in [0.25, 0.3) is 0 Å². The van der Waals surface area contributed by atoms with Gasteiger partial charge in [-0.3, -0.25) is 20.3 Å². The molecule has 22 heavy (non-hydrogen) atoms. The third-order valence-corrected chi connectivity index (χ3v) is 3.55. The van der Waals surface area contributed by atoms with Crippen LogP contribution in [-0.2, 0) is 0 Å². The van der Waals surface area contributed by atoms with Crippen molar-refractivity contribution in [3.63, 3.8) is 0 Å². The van der Waals surface area contributed by atoms with Crippen molar-refractivity contribution in [2.45, 2.75) is 38.1 Å². The summed E-state index contributed by atoms with van der Waals surface area (Å²) in [6.07, 6.45) is 5.23. The van der Waals surface area contributed by atoms with Crippen molar-refractivity contribution >= 4 is 17.6 Å². The number of urea groups is 1. The first-order valence-electron chi connectivity index (χ1n) is 7.17. The predicted octanol–water partition coefficient (Wildman–Crippen LogP) is 1.87. The Labute approximate surface area is 127 Å². The van der Waals surface area contributed by atoms with Crippen LogP contribution in [0.4, 0.5) is 10.5 Å². The minimum Gasteiger partial charge on any atom is -0.334 e. The Balaban J connectivity index is 1.82. The molecule has 1 aliphatic rings. The highest BCUT2D eigenvalue weighted by Crippen LogP contribution is 2.17. The standard InChI is InChI=1S/C14H18N4O4/c19-13(10-5-4-8-12(9-10)18(21)22)16-17-14(20)15-11-6-2-1-3-7-11/h4-5,8-9,11H,1-3,6-7H2,(H,16,19)(H2,15,17,20). The first-order chi connectivity index (χ1) is 10.6. The number of carbonyl (C=O) groups is 2. The van der Waals surface area contributed by atoms with Gasteiger partial charge in [-0.25, -0.2) is 10.2 Å². The number of carbonyl (C=O) groups excluding carboxylic acids is 2. The summed E-state index contributed by atoms with van der Waals surface area (Å²) in [5.41, 5.74) is 4.41. The molecule has 0 heterocycles. The van der Waals surface area contributed by atoms with Crippen molar-refractivity contribution in [2.75, 3.05) is 0 Å². The minimum atomic E-state index is -0.609. The van der Waals surface area contributed by atoms with E-state index < -0.39 is 16.9 Å². The Morgan fingerprint density at radius 2 is 1.86 bits per heavy atom. The summed E-state index contributed by atoms with van der Waals surface area (Å²) in [5.74, 6) is -0.609. The van der Waals surface area contributed by atoms with Crippen LogP contribution in [0.15, 0.2) is 24.3 Å². The van der Waals surface area contributed by atoms with Crippen molar-refractivity contribution < 1.29 is 14.5 Å². The second kappa shape index (κ2) is 7.39. The lowest BCUT2D eigenvalue weighted by atomic mass is 9.96. The molecule has 0 spiro atoms. The molecule has 1 aromatic rings. The van der Waals surface area contributed by atoms with E-state index in [4.69, 9.17) is 0 Å². The number of hydrogen-bond donors (Lipinski definition) is 3. The van der Waals surface area contributed by atoms with Crippen molar-refractivity contribution in [3.8, 4) is 0 Å². The Kier molecular flexibility index (Phi) is 5.29. The van der Waals surface area contributed by atoms with Crippen LogP contribution < -0.4 is 16.2 Å². The number of nitro benzene ring substituents is 1. The number of nitro groups is 1. The Morgan fingerprint density at radius 3 is 2.55 bits per heavy atom. The molecule has 8 heteroatoms. The van der Waals surface area contributed by atoms with E-state index in [1.165, 1.54) is 24.6 Å². The number of nitrogens with zero attached hydrogens (tertiary/aromatic N) is 1. The smallest absolute Gasteiger partial charge is 0.333 e. The second-order valence-electron chi connectivity index (χ2n) is 5.19. The summed E-state index contributed by atoms with van der Waals surface area (Å²) >= 11 is 0. The van der Waals surface area contributed by atoms with Gasteiger partial charge in [-0.1, -0.05) is 25.3 Å². The summed E-state index contributed by atoms with van der Waals surface area (Å²) < 4.78 is 0. The quantitative estimate of drug-likeness (QED) is 0.584. The van der Waals surface area contributed by atoms with E-state index in [0.29, 0.717) is 0 Å². The van der Waals surface area contributed by atoms with Crippen LogP contribution in [-0.4, -0.2) is 22.9 Å². The average molecular weight is 306 g/mol. The molecule has 1 saturated carbocycles. The number of non-ortho nitro benzene ring substituents is 1. The normalized spacial score (nSPS) is 14.9. The molecule has 0 aliphatic heterocycles. The van der Waals surface area contributed by atoms with Crippen LogP contribution in [0.2, 0.25) is 0 Å². The van der Waals surface area contributed by atoms with Crippen LogP contribution in [0.3, 0.4) is 0 Å². The molecule has 3 amide bonds. The number of nitrogens with one attached hydrogen (secondary N) is 3. The number of hydrogen-bond acceptors (Lipinski definition) is 4. The van der Waals surface area contributed by atoms with Gasteiger partial charge in [-0.05, 0) is 18.9 Å². The fraction of sp³-hybridized carbons (Fsp3) is 0.429. The maximum Gasteiger partial charge on any atom is 0.333 e. The van der Waals surface area contributed by atoms with E-state index in [9.17, 15) is 19.7 Å². The summed E-state index contributed by atoms with van der Waals surface area (Å²) in [6, 6.07) is 4.93. The molecule has 1 fully saturated rings. The monoisotopic (exact) mass is 306 g/mol. The molecular weight excluding hydrogens is 288 g/mol. The molecule has 0 aromatic heterocycles. The second-order valence-corrected chi connectivity index (χ2v) is 5.19. The average Bonchev–Trinajstić information content (AvgIpc) is 2.53. The molecule has 0 bridgehead atoms. The van der Waals surface area contributed by atoms with Gasteiger partial charge in [0, 0.05) is 23.7 Å². The molecule has 1 aliphatic carbocycles. The van der Waals surface area contributed by atoms with Crippen LogP contribution in [0, 0.1) is 10.1 Å². The molecule has 1 aromatic carbocycles. The zero-order valence-electron chi connectivity index (χ0n) is 12.0. The number of rotatable bonds is 3. The summed E-state index contributed by atoms with van der Waals surface area (Å²) in [7, 11) is 0. The Hall–Kier alpha value is -2.64. The Bertz CT molecular complexity index is 570. The number of amides is 3. The lowest BCUT2D eigenvalue weighted by Crippen LogP contribution is -2.50. The van der Waals surface area contributed by atoms with Crippen LogP contribution in [0.5, 0.6) is 0 Å². The van der Waals surface area contributed by atoms with Gasteiger partial charge >= 0.3 is 6.03 Å². The van der Waals surface area contributed by atoms with Gasteiger partial charge < -0.3 is 5.32 Å². The van der Waals surface area contributed by atoms with Gasteiger partial charge in [0.05, 0.1) is 4.92 Å². The van der Waals surface area contributed by atoms with E-state index in [0.717, 1.165) is 31.7 Å². The highest BCUT2D eigenvalue weighted by molar-refractivity contribution is 5.95. The number of hydrazine groups is 1. The van der Waals surface area contributed by atoms with E-state index in [1.807, 2.05) is 0 Å². The topological polar surface area (TPSA) is 113 Å². The molecule has 0 radical (unpaired) electrons. The zero-order valence-corrected chi connectivity index (χ0v) is 12.0. The van der Waals surface area contributed by atoms with Gasteiger partial charge in [0.25, 0.3) is 11.6 Å². The first kappa shape index (κ1) is 15.7. The molecule has 0 unspecified atom stereocenters. The number of benzene rings is 1. The largest absolute Gasteiger partial charge is 0.334 e. The van der Waals surface area contributed by atoms with Crippen molar-refractivity contribution in [3.05, 3.63) is 39.9 Å². The minimum absolute atomic E-state index is 0.104. The maximum absolute atomic E-state index is 11.8. The fourth-order valence-electron chi connectivity index (χ4n) is 2.41. The van der Waals surface area contributed by atoms with E-state index in [-0.39, 0.29) is 17.3 Å². The van der Waals surface area contributed by atoms with Gasteiger partial charge in [0.2, 0.25) is 0 Å². The van der Waals surface area contributed by atoms with Gasteiger partial charge in [-0.2, -0.15) is 0 Å². The molecule has 0 saturated heterocycles. The molecule has 0 atom stereocenters. The molecule has 2 rings (SSSR count). The van der Waals surface area contributed by atoms with E-state index in [2.05, 4.69) is 16.2 Å². The maximum atomic E-state index is 11.8. The Morgan fingerprint density at radius 1 is 1.14 bits per heavy atom. The SMILES string of the molecule is O=C(NNC(=O)c1cccc([N+](=O)[O-])c1)NC1CCCCC1. The highest BCUT2D eigenvalue weighted by Gasteiger charge is 2.16. The van der Waals surface area contributed by atoms with E-state index in [1.54, 1.807) is 0 Å². The molecule has 8 nitrogen and oxygen atoms in total. The van der Waals surface area contributed by atoms with Crippen molar-refractivity contribution in [2.24, 2.45) is 0 Å². The molecule has 118 valence electrons. The summed E-state index contributed by atoms with van der Waals surface area (Å²) in [5, 5.41) is 13.4. The third-order valence-electron chi connectivity index (χ3n) is 3.55. The highest BCUT2D eigenvalue weighted by atomic mass is 16.6. The third kappa shape index (κ3) is 4.44. The van der Waals surface area contributed by atoms with Gasteiger partial charge in [-0.15, -0.1) is 0 Å². The lowest BCUT2D eigenvalue weighted by molar-refractivity contribution is -0.384. The van der Waals surface area contributed by atoms with Crippen molar-refractivity contribution in [1.29, 1.82) is 0 Å². The van der Waals surface area contributed by atoms with Gasteiger partial charge in [0.15, 0.2) is 0 Å². The first-order valence-corrected chi connectivity index (χ1v) is 7.17. The fourth-order valence-corrected chi connectivity index (χ4v) is 2.41. The summed E-state index contributed by atoms with van der Waals surface area (Å²) in [6.45, 7) is 0. The molecular formula is C14H18N4O4. The van der Waals surface area contributed by atoms with Gasteiger partial charge in [0.1, 0.15) is 0 Å². The van der Waals surface area contributed by atoms with Crippen LogP contribution in [0.1, 0.15) is 42.5 Å². The predicted molar refractivity (Wildman–Crippen MR) is 79.1 cm³/mol. The lowest BCUT2D eigenvalue weighted by Gasteiger charge is -2.22. The molecule has 3 N–H and O–H groups in total. The van der Waals surface area contributed by atoms with Crippen molar-refractivity contribution in [1.82, 2.24) is 16.2 Å². The summed E-state index contributed by atoms with van der Waals surface area (Å²) in [4.78, 5) is 33.6. The van der Waals surface area contributed by atoms with E-state index >= 15 is 0 Å². The zero-order chi connectivity index (χ0) is 15.9.